The summed E-state index contributed by atoms with van der Waals surface area (Å²) in [5.74, 6) is 1.56. The van der Waals surface area contributed by atoms with E-state index in [1.54, 1.807) is 0 Å². The zero-order valence-electron chi connectivity index (χ0n) is 11.4. The molecule has 1 heteroatoms. The zero-order chi connectivity index (χ0) is 12.8. The minimum atomic E-state index is 0.650. The zero-order valence-corrected chi connectivity index (χ0v) is 11.4. The molecule has 1 aliphatic rings. The van der Waals surface area contributed by atoms with Crippen molar-refractivity contribution in [2.45, 2.75) is 45.2 Å². The molecule has 0 aliphatic heterocycles. The lowest BCUT2D eigenvalue weighted by Crippen LogP contribution is -2.43. The molecule has 0 saturated heterocycles. The Labute approximate surface area is 111 Å². The third kappa shape index (κ3) is 3.46. The van der Waals surface area contributed by atoms with E-state index in [4.69, 9.17) is 0 Å². The van der Waals surface area contributed by atoms with Crippen LogP contribution in [0.4, 0.5) is 0 Å². The average Bonchev–Trinajstić information content (AvgIpc) is 2.40. The van der Waals surface area contributed by atoms with Crippen molar-refractivity contribution in [1.29, 1.82) is 0 Å². The van der Waals surface area contributed by atoms with Crippen molar-refractivity contribution in [3.8, 4) is 0 Å². The molecule has 3 atom stereocenters. The second kappa shape index (κ2) is 6.75. The van der Waals surface area contributed by atoms with Crippen LogP contribution in [0.1, 0.15) is 38.2 Å². The van der Waals surface area contributed by atoms with Gasteiger partial charge in [0.15, 0.2) is 0 Å². The summed E-state index contributed by atoms with van der Waals surface area (Å²) in [4.78, 5) is 0. The van der Waals surface area contributed by atoms with Crippen LogP contribution in [0.2, 0.25) is 0 Å². The molecule has 1 aliphatic carbocycles. The Morgan fingerprint density at radius 1 is 1.28 bits per heavy atom. The molecular formula is C17H25N. The van der Waals surface area contributed by atoms with E-state index in [2.05, 4.69) is 55.2 Å². The Hall–Kier alpha value is -1.08. The van der Waals surface area contributed by atoms with Gasteiger partial charge in [0.05, 0.1) is 0 Å². The Morgan fingerprint density at radius 2 is 2.06 bits per heavy atom. The maximum Gasteiger partial charge on any atom is 0.0208 e. The van der Waals surface area contributed by atoms with Gasteiger partial charge >= 0.3 is 0 Å². The summed E-state index contributed by atoms with van der Waals surface area (Å²) < 4.78 is 0. The highest BCUT2D eigenvalue weighted by atomic mass is 14.9. The molecule has 0 radical (unpaired) electrons. The Bertz CT molecular complexity index is 357. The van der Waals surface area contributed by atoms with Gasteiger partial charge in [-0.2, -0.15) is 0 Å². The number of rotatable bonds is 5. The van der Waals surface area contributed by atoms with Gasteiger partial charge in [-0.25, -0.2) is 0 Å². The molecule has 1 fully saturated rings. The highest BCUT2D eigenvalue weighted by molar-refractivity contribution is 5.14. The summed E-state index contributed by atoms with van der Waals surface area (Å²) in [7, 11) is 0. The van der Waals surface area contributed by atoms with Gasteiger partial charge in [0.1, 0.15) is 0 Å². The van der Waals surface area contributed by atoms with E-state index in [9.17, 15) is 0 Å². The Morgan fingerprint density at radius 3 is 2.78 bits per heavy atom. The second-order valence-corrected chi connectivity index (χ2v) is 5.58. The van der Waals surface area contributed by atoms with Crippen LogP contribution in [-0.2, 0) is 6.54 Å². The number of allylic oxidation sites excluding steroid dienone is 1. The van der Waals surface area contributed by atoms with E-state index in [0.29, 0.717) is 6.04 Å². The van der Waals surface area contributed by atoms with Crippen molar-refractivity contribution in [3.63, 3.8) is 0 Å². The van der Waals surface area contributed by atoms with Crippen LogP contribution in [-0.4, -0.2) is 6.04 Å². The van der Waals surface area contributed by atoms with Gasteiger partial charge in [-0.05, 0) is 36.7 Å². The molecule has 0 bridgehead atoms. The summed E-state index contributed by atoms with van der Waals surface area (Å²) in [5, 5.41) is 3.77. The fourth-order valence-electron chi connectivity index (χ4n) is 3.20. The SMILES string of the molecule is C=CC[C@@H]1CCC[C@@H](C)[C@H]1NCc1ccccc1. The van der Waals surface area contributed by atoms with Gasteiger partial charge < -0.3 is 5.32 Å². The van der Waals surface area contributed by atoms with Gasteiger partial charge in [-0.15, -0.1) is 6.58 Å². The molecule has 1 aromatic rings. The van der Waals surface area contributed by atoms with Crippen LogP contribution >= 0.6 is 0 Å². The molecule has 1 aromatic carbocycles. The predicted molar refractivity (Wildman–Crippen MR) is 78.4 cm³/mol. The summed E-state index contributed by atoms with van der Waals surface area (Å²) in [5.41, 5.74) is 1.38. The Kier molecular flexibility index (Phi) is 5.00. The highest BCUT2D eigenvalue weighted by Gasteiger charge is 2.29. The summed E-state index contributed by atoms with van der Waals surface area (Å²) in [6.07, 6.45) is 7.32. The molecule has 2 rings (SSSR count). The third-order valence-corrected chi connectivity index (χ3v) is 4.21. The van der Waals surface area contributed by atoms with Crippen LogP contribution in [0.3, 0.4) is 0 Å². The van der Waals surface area contributed by atoms with Crippen LogP contribution in [0.25, 0.3) is 0 Å². The van der Waals surface area contributed by atoms with Crippen molar-refractivity contribution >= 4 is 0 Å². The normalized spacial score (nSPS) is 27.9. The lowest BCUT2D eigenvalue weighted by Gasteiger charge is -2.37. The van der Waals surface area contributed by atoms with Crippen molar-refractivity contribution in [1.82, 2.24) is 5.32 Å². The smallest absolute Gasteiger partial charge is 0.0208 e. The second-order valence-electron chi connectivity index (χ2n) is 5.58. The number of benzene rings is 1. The molecular weight excluding hydrogens is 218 g/mol. The van der Waals surface area contributed by atoms with Crippen LogP contribution in [0.15, 0.2) is 43.0 Å². The van der Waals surface area contributed by atoms with Gasteiger partial charge in [0.2, 0.25) is 0 Å². The fraction of sp³-hybridized carbons (Fsp3) is 0.529. The van der Waals surface area contributed by atoms with E-state index in [1.165, 1.54) is 24.8 Å². The monoisotopic (exact) mass is 243 g/mol. The summed E-state index contributed by atoms with van der Waals surface area (Å²) in [6, 6.07) is 11.3. The van der Waals surface area contributed by atoms with Gasteiger partial charge in [0.25, 0.3) is 0 Å². The first-order valence-electron chi connectivity index (χ1n) is 7.19. The molecule has 0 aromatic heterocycles. The van der Waals surface area contributed by atoms with Crippen LogP contribution in [0.5, 0.6) is 0 Å². The first-order chi connectivity index (χ1) is 8.81. The van der Waals surface area contributed by atoms with E-state index in [-0.39, 0.29) is 0 Å². The van der Waals surface area contributed by atoms with E-state index in [0.717, 1.165) is 24.8 Å². The molecule has 98 valence electrons. The molecule has 0 unspecified atom stereocenters. The molecule has 0 amide bonds. The number of hydrogen-bond donors (Lipinski definition) is 1. The number of hydrogen-bond acceptors (Lipinski definition) is 1. The van der Waals surface area contributed by atoms with E-state index >= 15 is 0 Å². The molecule has 1 saturated carbocycles. The minimum absolute atomic E-state index is 0.650. The standard InChI is InChI=1S/C17H25N/c1-3-8-16-12-7-9-14(2)17(16)18-13-15-10-5-4-6-11-15/h3-6,10-11,14,16-18H,1,7-9,12-13H2,2H3/t14-,16-,17-/m1/s1. The molecule has 18 heavy (non-hydrogen) atoms. The van der Waals surface area contributed by atoms with Crippen molar-refractivity contribution in [3.05, 3.63) is 48.6 Å². The van der Waals surface area contributed by atoms with Crippen molar-refractivity contribution in [2.75, 3.05) is 0 Å². The minimum Gasteiger partial charge on any atom is -0.309 e. The van der Waals surface area contributed by atoms with Crippen molar-refractivity contribution < 1.29 is 0 Å². The maximum absolute atomic E-state index is 3.90. The van der Waals surface area contributed by atoms with E-state index in [1.807, 2.05) is 0 Å². The van der Waals surface area contributed by atoms with Crippen LogP contribution in [0, 0.1) is 11.8 Å². The van der Waals surface area contributed by atoms with Gasteiger partial charge in [-0.3, -0.25) is 0 Å². The quantitative estimate of drug-likeness (QED) is 0.766. The van der Waals surface area contributed by atoms with E-state index < -0.39 is 0 Å². The average molecular weight is 243 g/mol. The lowest BCUT2D eigenvalue weighted by atomic mass is 9.76. The first kappa shape index (κ1) is 13.4. The molecule has 1 N–H and O–H groups in total. The molecule has 0 heterocycles. The van der Waals surface area contributed by atoms with Gasteiger partial charge in [0, 0.05) is 12.6 Å². The largest absolute Gasteiger partial charge is 0.309 e. The molecule has 1 nitrogen and oxygen atoms in total. The predicted octanol–water partition coefficient (Wildman–Crippen LogP) is 4.16. The summed E-state index contributed by atoms with van der Waals surface area (Å²) in [6.45, 7) is 7.28. The van der Waals surface area contributed by atoms with Gasteiger partial charge in [-0.1, -0.05) is 49.8 Å². The maximum atomic E-state index is 3.90. The fourth-order valence-corrected chi connectivity index (χ4v) is 3.20. The Balaban J connectivity index is 1.93. The number of nitrogens with one attached hydrogen (secondary N) is 1. The first-order valence-corrected chi connectivity index (χ1v) is 7.19. The molecule has 0 spiro atoms. The topological polar surface area (TPSA) is 12.0 Å². The van der Waals surface area contributed by atoms with Crippen molar-refractivity contribution in [2.24, 2.45) is 11.8 Å². The lowest BCUT2D eigenvalue weighted by molar-refractivity contribution is 0.195. The van der Waals surface area contributed by atoms with Crippen LogP contribution < -0.4 is 5.32 Å². The highest BCUT2D eigenvalue weighted by Crippen LogP contribution is 2.31. The summed E-state index contributed by atoms with van der Waals surface area (Å²) >= 11 is 0. The third-order valence-electron chi connectivity index (χ3n) is 4.21.